The van der Waals surface area contributed by atoms with E-state index in [-0.39, 0.29) is 6.10 Å². The number of morpholine rings is 1. The molecule has 0 aromatic carbocycles. The summed E-state index contributed by atoms with van der Waals surface area (Å²) in [6, 6.07) is 1.75. The molecule has 3 rings (SSSR count). The highest BCUT2D eigenvalue weighted by molar-refractivity contribution is 7.80. The second-order valence-electron chi connectivity index (χ2n) is 5.44. The number of nitrogens with zero attached hydrogens (tertiary/aromatic N) is 3. The van der Waals surface area contributed by atoms with Crippen molar-refractivity contribution in [2.75, 3.05) is 49.7 Å². The fraction of sp³-hybridized carbons (Fsp3) is 0.643. The maximum Gasteiger partial charge on any atom is 0.232 e. The van der Waals surface area contributed by atoms with Crippen LogP contribution in [-0.2, 0) is 9.47 Å². The lowest BCUT2D eigenvalue weighted by molar-refractivity contribution is 0.114. The molecule has 3 heterocycles. The molecule has 1 unspecified atom stereocenters. The highest BCUT2D eigenvalue weighted by Crippen LogP contribution is 2.19. The van der Waals surface area contributed by atoms with Crippen LogP contribution in [-0.4, -0.2) is 60.6 Å². The summed E-state index contributed by atoms with van der Waals surface area (Å²) in [5, 5.41) is 6.97. The molecule has 23 heavy (non-hydrogen) atoms. The van der Waals surface area contributed by atoms with Gasteiger partial charge in [0.05, 0.1) is 19.3 Å². The highest BCUT2D eigenvalue weighted by Gasteiger charge is 2.17. The number of nitrogens with one attached hydrogen (secondary N) is 2. The summed E-state index contributed by atoms with van der Waals surface area (Å²) in [4.78, 5) is 10.8. The Morgan fingerprint density at radius 3 is 2.91 bits per heavy atom. The average Bonchev–Trinajstić information content (AvgIpc) is 3.07. The van der Waals surface area contributed by atoms with Gasteiger partial charge in [-0.15, -0.1) is 0 Å². The summed E-state index contributed by atoms with van der Waals surface area (Å²) in [5.74, 6) is 1.17. The van der Waals surface area contributed by atoms with Gasteiger partial charge in [-0.3, -0.25) is 0 Å². The molecule has 0 radical (unpaired) electrons. The van der Waals surface area contributed by atoms with Crippen molar-refractivity contribution in [3.63, 3.8) is 0 Å². The van der Waals surface area contributed by atoms with Crippen LogP contribution in [0.2, 0.25) is 5.15 Å². The molecule has 2 aliphatic heterocycles. The molecular formula is C14H20ClN5O2S. The number of ether oxygens (including phenoxy) is 2. The maximum absolute atomic E-state index is 6.10. The van der Waals surface area contributed by atoms with Crippen molar-refractivity contribution in [2.24, 2.45) is 0 Å². The summed E-state index contributed by atoms with van der Waals surface area (Å²) >= 11 is 11.4. The van der Waals surface area contributed by atoms with Crippen LogP contribution in [0.5, 0.6) is 0 Å². The van der Waals surface area contributed by atoms with Gasteiger partial charge in [0.2, 0.25) is 5.95 Å². The van der Waals surface area contributed by atoms with Crippen LogP contribution in [0.15, 0.2) is 6.07 Å². The first-order valence-corrected chi connectivity index (χ1v) is 8.53. The first-order valence-electron chi connectivity index (χ1n) is 7.74. The molecule has 1 atom stereocenters. The normalized spacial score (nSPS) is 21.3. The minimum absolute atomic E-state index is 0.221. The van der Waals surface area contributed by atoms with Gasteiger partial charge in [-0.2, -0.15) is 4.98 Å². The molecule has 2 N–H and O–H groups in total. The van der Waals surface area contributed by atoms with Crippen LogP contribution in [0.25, 0.3) is 0 Å². The molecular weight excluding hydrogens is 338 g/mol. The van der Waals surface area contributed by atoms with E-state index in [2.05, 4.69) is 25.5 Å². The average molecular weight is 358 g/mol. The molecule has 0 spiro atoms. The third-order valence-corrected chi connectivity index (χ3v) is 4.20. The van der Waals surface area contributed by atoms with E-state index in [0.717, 1.165) is 38.4 Å². The topological polar surface area (TPSA) is 71.5 Å². The number of anilines is 2. The van der Waals surface area contributed by atoms with Gasteiger partial charge in [-0.25, -0.2) is 4.98 Å². The van der Waals surface area contributed by atoms with Gasteiger partial charge < -0.3 is 25.0 Å². The zero-order chi connectivity index (χ0) is 16.1. The van der Waals surface area contributed by atoms with Gasteiger partial charge in [0.1, 0.15) is 11.0 Å². The van der Waals surface area contributed by atoms with Crippen molar-refractivity contribution < 1.29 is 9.47 Å². The molecule has 0 aliphatic carbocycles. The first kappa shape index (κ1) is 16.6. The van der Waals surface area contributed by atoms with E-state index >= 15 is 0 Å². The molecule has 9 heteroatoms. The lowest BCUT2D eigenvalue weighted by atomic mass is 10.2. The highest BCUT2D eigenvalue weighted by atomic mass is 35.5. The van der Waals surface area contributed by atoms with Gasteiger partial charge in [0, 0.05) is 32.3 Å². The molecule has 1 aromatic heterocycles. The van der Waals surface area contributed by atoms with E-state index in [1.165, 1.54) is 0 Å². The van der Waals surface area contributed by atoms with Crippen LogP contribution in [0.1, 0.15) is 12.8 Å². The number of rotatable bonds is 4. The number of aromatic nitrogens is 2. The Hall–Kier alpha value is -1.22. The van der Waals surface area contributed by atoms with Gasteiger partial charge in [-0.1, -0.05) is 11.6 Å². The second-order valence-corrected chi connectivity index (χ2v) is 6.24. The summed E-state index contributed by atoms with van der Waals surface area (Å²) in [6.07, 6.45) is 2.39. The minimum Gasteiger partial charge on any atom is -0.378 e. The number of hydrogen-bond donors (Lipinski definition) is 2. The third-order valence-electron chi connectivity index (χ3n) is 3.76. The lowest BCUT2D eigenvalue weighted by Gasteiger charge is -2.28. The second kappa shape index (κ2) is 8.05. The van der Waals surface area contributed by atoms with E-state index in [0.29, 0.717) is 36.0 Å². The van der Waals surface area contributed by atoms with Gasteiger partial charge in [0.25, 0.3) is 0 Å². The SMILES string of the molecule is S=C(NCC1CCCO1)Nc1nc(Cl)cc(N2CCOCC2)n1. The maximum atomic E-state index is 6.10. The van der Waals surface area contributed by atoms with Gasteiger partial charge in [0.15, 0.2) is 5.11 Å². The van der Waals surface area contributed by atoms with Gasteiger partial charge in [-0.05, 0) is 25.1 Å². The largest absolute Gasteiger partial charge is 0.378 e. The third kappa shape index (κ3) is 4.87. The first-order chi connectivity index (χ1) is 11.2. The van der Waals surface area contributed by atoms with Crippen LogP contribution >= 0.6 is 23.8 Å². The van der Waals surface area contributed by atoms with E-state index in [1.807, 2.05) is 0 Å². The smallest absolute Gasteiger partial charge is 0.232 e. The molecule has 7 nitrogen and oxygen atoms in total. The van der Waals surface area contributed by atoms with Crippen molar-refractivity contribution in [3.05, 3.63) is 11.2 Å². The van der Waals surface area contributed by atoms with Crippen molar-refractivity contribution in [3.8, 4) is 0 Å². The molecule has 2 fully saturated rings. The molecule has 0 bridgehead atoms. The zero-order valence-electron chi connectivity index (χ0n) is 12.8. The monoisotopic (exact) mass is 357 g/mol. The number of halogens is 1. The van der Waals surface area contributed by atoms with Gasteiger partial charge >= 0.3 is 0 Å². The Morgan fingerprint density at radius 1 is 1.35 bits per heavy atom. The molecule has 0 amide bonds. The summed E-state index contributed by atoms with van der Waals surface area (Å²) in [7, 11) is 0. The van der Waals surface area contributed by atoms with E-state index < -0.39 is 0 Å². The number of thiocarbonyl (C=S) groups is 1. The van der Waals surface area contributed by atoms with Crippen molar-refractivity contribution >= 4 is 40.7 Å². The fourth-order valence-corrected chi connectivity index (χ4v) is 2.93. The Balaban J connectivity index is 1.57. The Bertz CT molecular complexity index is 550. The Morgan fingerprint density at radius 2 is 2.17 bits per heavy atom. The predicted octanol–water partition coefficient (Wildman–Crippen LogP) is 1.43. The Labute approximate surface area is 145 Å². The molecule has 2 saturated heterocycles. The van der Waals surface area contributed by atoms with Crippen LogP contribution in [0.3, 0.4) is 0 Å². The van der Waals surface area contributed by atoms with Crippen molar-refractivity contribution in [1.29, 1.82) is 0 Å². The quantitative estimate of drug-likeness (QED) is 0.619. The molecule has 1 aromatic rings. The molecule has 2 aliphatic rings. The Kier molecular flexibility index (Phi) is 5.82. The van der Waals surface area contributed by atoms with Crippen LogP contribution < -0.4 is 15.5 Å². The summed E-state index contributed by atoms with van der Waals surface area (Å²) < 4.78 is 10.9. The predicted molar refractivity (Wildman–Crippen MR) is 93.3 cm³/mol. The minimum atomic E-state index is 0.221. The molecule has 0 saturated carbocycles. The molecule has 126 valence electrons. The van der Waals surface area contributed by atoms with E-state index in [9.17, 15) is 0 Å². The zero-order valence-corrected chi connectivity index (χ0v) is 14.3. The fourth-order valence-electron chi connectivity index (χ4n) is 2.57. The number of hydrogen-bond acceptors (Lipinski definition) is 6. The van der Waals surface area contributed by atoms with Crippen LogP contribution in [0, 0.1) is 0 Å². The van der Waals surface area contributed by atoms with Crippen molar-refractivity contribution in [2.45, 2.75) is 18.9 Å². The van der Waals surface area contributed by atoms with E-state index in [1.54, 1.807) is 6.07 Å². The lowest BCUT2D eigenvalue weighted by Crippen LogP contribution is -2.37. The summed E-state index contributed by atoms with van der Waals surface area (Å²) in [5.41, 5.74) is 0. The standard InChI is InChI=1S/C14H20ClN5O2S/c15-11-8-12(20-3-6-21-7-4-20)18-13(17-11)19-14(23)16-9-10-2-1-5-22-10/h8,10H,1-7,9H2,(H2,16,17,18,19,23). The van der Waals surface area contributed by atoms with E-state index in [4.69, 9.17) is 33.3 Å². The van der Waals surface area contributed by atoms with Crippen molar-refractivity contribution in [1.82, 2.24) is 15.3 Å². The van der Waals surface area contributed by atoms with Crippen LogP contribution in [0.4, 0.5) is 11.8 Å². The summed E-state index contributed by atoms with van der Waals surface area (Å²) in [6.45, 7) is 4.45.